The first kappa shape index (κ1) is 20.9. The summed E-state index contributed by atoms with van der Waals surface area (Å²) in [7, 11) is 0. The number of fused-ring (bicyclic) bond motifs is 1. The summed E-state index contributed by atoms with van der Waals surface area (Å²) >= 11 is 1.36. The lowest BCUT2D eigenvalue weighted by Crippen LogP contribution is -2.09. The van der Waals surface area contributed by atoms with E-state index in [0.717, 1.165) is 22.7 Å². The Bertz CT molecular complexity index is 1250. The third kappa shape index (κ3) is 4.69. The number of thiazole rings is 1. The van der Waals surface area contributed by atoms with Crippen molar-refractivity contribution in [1.82, 2.24) is 9.97 Å². The number of aryl methyl sites for hydroxylation is 1. The van der Waals surface area contributed by atoms with Crippen molar-refractivity contribution in [2.45, 2.75) is 19.5 Å². The predicted octanol–water partition coefficient (Wildman–Crippen LogP) is 5.33. The lowest BCUT2D eigenvalue weighted by atomic mass is 10.1. The van der Waals surface area contributed by atoms with Crippen LogP contribution in [0.25, 0.3) is 21.7 Å². The summed E-state index contributed by atoms with van der Waals surface area (Å²) in [6, 6.07) is 9.73. The Morgan fingerprint density at radius 2 is 1.90 bits per heavy atom. The number of oxazole rings is 1. The van der Waals surface area contributed by atoms with Crippen LogP contribution >= 0.6 is 11.3 Å². The molecule has 31 heavy (non-hydrogen) atoms. The average Bonchev–Trinajstić information content (AvgIpc) is 3.28. The molecule has 0 aliphatic heterocycles. The van der Waals surface area contributed by atoms with Gasteiger partial charge in [0.15, 0.2) is 12.2 Å². The maximum Gasteiger partial charge on any atom is 0.416 e. The molecule has 0 atom stereocenters. The number of alkyl halides is 3. The monoisotopic (exact) mass is 448 g/mol. The summed E-state index contributed by atoms with van der Waals surface area (Å²) in [5.41, 5.74) is 1.70. The van der Waals surface area contributed by atoms with Gasteiger partial charge in [-0.3, -0.25) is 0 Å². The molecule has 2 aromatic heterocycles. The van der Waals surface area contributed by atoms with Crippen molar-refractivity contribution in [3.05, 3.63) is 64.5 Å². The average molecular weight is 448 g/mol. The second-order valence-electron chi connectivity index (χ2n) is 6.70. The zero-order chi connectivity index (χ0) is 22.2. The van der Waals surface area contributed by atoms with Crippen LogP contribution in [0.5, 0.6) is 5.75 Å². The predicted molar refractivity (Wildman–Crippen MR) is 107 cm³/mol. The lowest BCUT2D eigenvalue weighted by Gasteiger charge is -2.06. The van der Waals surface area contributed by atoms with Gasteiger partial charge >= 0.3 is 12.1 Å². The lowest BCUT2D eigenvalue weighted by molar-refractivity contribution is -0.139. The zero-order valence-electron chi connectivity index (χ0n) is 16.1. The molecule has 0 aliphatic carbocycles. The Hall–Kier alpha value is -3.40. The normalized spacial score (nSPS) is 11.7. The van der Waals surface area contributed by atoms with E-state index in [9.17, 15) is 18.0 Å². The van der Waals surface area contributed by atoms with Gasteiger partial charge in [-0.1, -0.05) is 12.1 Å². The van der Waals surface area contributed by atoms with Gasteiger partial charge in [-0.2, -0.15) is 13.2 Å². The number of hydrogen-bond acceptors (Lipinski definition) is 6. The van der Waals surface area contributed by atoms with Gasteiger partial charge in [0, 0.05) is 16.5 Å². The molecule has 160 valence electrons. The molecule has 0 saturated heterocycles. The van der Waals surface area contributed by atoms with Crippen molar-refractivity contribution in [1.29, 1.82) is 0 Å². The summed E-state index contributed by atoms with van der Waals surface area (Å²) in [6.45, 7) is 1.36. The maximum atomic E-state index is 12.8. The van der Waals surface area contributed by atoms with E-state index in [0.29, 0.717) is 39.7 Å². The number of halogens is 3. The van der Waals surface area contributed by atoms with Gasteiger partial charge in [-0.25, -0.2) is 14.8 Å². The molecule has 4 rings (SSSR count). The molecule has 2 heterocycles. The van der Waals surface area contributed by atoms with Gasteiger partial charge < -0.3 is 14.3 Å². The van der Waals surface area contributed by atoms with Gasteiger partial charge in [0.2, 0.25) is 5.89 Å². The van der Waals surface area contributed by atoms with Crippen LogP contribution in [-0.4, -0.2) is 27.7 Å². The van der Waals surface area contributed by atoms with Crippen LogP contribution in [0.2, 0.25) is 0 Å². The van der Waals surface area contributed by atoms with Crippen LogP contribution in [0.15, 0.2) is 46.9 Å². The van der Waals surface area contributed by atoms with Crippen LogP contribution in [-0.2, 0) is 17.4 Å². The topological polar surface area (TPSA) is 85.5 Å². The molecule has 0 fully saturated rings. The van der Waals surface area contributed by atoms with Crippen molar-refractivity contribution in [2.24, 2.45) is 0 Å². The Morgan fingerprint density at radius 1 is 1.16 bits per heavy atom. The van der Waals surface area contributed by atoms with Gasteiger partial charge in [0.25, 0.3) is 0 Å². The molecular weight excluding hydrogens is 433 g/mol. The number of hydrogen-bond donors (Lipinski definition) is 1. The molecule has 4 aromatic rings. The summed E-state index contributed by atoms with van der Waals surface area (Å²) in [6.07, 6.45) is -4.02. The fourth-order valence-corrected chi connectivity index (χ4v) is 3.98. The Labute approximate surface area is 177 Å². The summed E-state index contributed by atoms with van der Waals surface area (Å²) in [5, 5.41) is 9.31. The highest BCUT2D eigenvalue weighted by atomic mass is 32.1. The molecule has 0 spiro atoms. The second-order valence-corrected chi connectivity index (χ2v) is 7.78. The largest absolute Gasteiger partial charge is 0.482 e. The molecule has 0 bridgehead atoms. The van der Waals surface area contributed by atoms with Crippen LogP contribution in [0, 0.1) is 6.92 Å². The number of ether oxygens (including phenoxy) is 1. The number of rotatable bonds is 6. The van der Waals surface area contributed by atoms with E-state index < -0.39 is 24.3 Å². The minimum atomic E-state index is -4.38. The minimum Gasteiger partial charge on any atom is -0.482 e. The quantitative estimate of drug-likeness (QED) is 0.429. The van der Waals surface area contributed by atoms with E-state index >= 15 is 0 Å². The van der Waals surface area contributed by atoms with E-state index in [1.807, 2.05) is 6.92 Å². The molecule has 6 nitrogen and oxygen atoms in total. The Morgan fingerprint density at radius 3 is 2.58 bits per heavy atom. The number of carboxylic acid groups (broad SMARTS) is 1. The van der Waals surface area contributed by atoms with E-state index in [2.05, 4.69) is 9.97 Å². The zero-order valence-corrected chi connectivity index (χ0v) is 16.9. The molecule has 0 aliphatic rings. The number of aromatic nitrogens is 2. The number of carbonyl (C=O) groups is 1. The molecule has 0 unspecified atom stereocenters. The molecule has 0 radical (unpaired) electrons. The first-order valence-electron chi connectivity index (χ1n) is 9.07. The number of aliphatic carboxylic acids is 1. The second kappa shape index (κ2) is 8.03. The fourth-order valence-electron chi connectivity index (χ4n) is 2.92. The highest BCUT2D eigenvalue weighted by molar-refractivity contribution is 7.15. The van der Waals surface area contributed by atoms with Gasteiger partial charge in [0.1, 0.15) is 16.3 Å². The smallest absolute Gasteiger partial charge is 0.416 e. The number of nitrogens with zero attached hydrogens (tertiary/aromatic N) is 2. The summed E-state index contributed by atoms with van der Waals surface area (Å²) in [4.78, 5) is 20.4. The molecular formula is C21H15F3N2O4S. The third-order valence-electron chi connectivity index (χ3n) is 4.43. The van der Waals surface area contributed by atoms with E-state index in [1.54, 1.807) is 18.2 Å². The SMILES string of the molecule is Cc1nc(-c2ccc(C(F)(F)F)cc2)sc1Cc1nc2cc(OCC(=O)O)ccc2o1. The highest BCUT2D eigenvalue weighted by Gasteiger charge is 2.30. The minimum absolute atomic E-state index is 0.365. The van der Waals surface area contributed by atoms with Crippen LogP contribution < -0.4 is 4.74 Å². The molecule has 2 aromatic carbocycles. The standard InChI is InChI=1S/C21H15F3N2O4S/c1-11-17(31-20(25-11)12-2-4-13(5-3-12)21(22,23)24)9-18-26-15-8-14(29-10-19(27)28)6-7-16(15)30-18/h2-8H,9-10H2,1H3,(H,27,28). The summed E-state index contributed by atoms with van der Waals surface area (Å²) < 4.78 is 49.2. The third-order valence-corrected chi connectivity index (χ3v) is 5.64. The molecule has 10 heteroatoms. The van der Waals surface area contributed by atoms with E-state index in [4.69, 9.17) is 14.3 Å². The number of benzene rings is 2. The maximum absolute atomic E-state index is 12.8. The Balaban J connectivity index is 1.54. The van der Waals surface area contributed by atoms with Gasteiger partial charge in [0.05, 0.1) is 17.7 Å². The van der Waals surface area contributed by atoms with Crippen molar-refractivity contribution >= 4 is 28.4 Å². The first-order valence-corrected chi connectivity index (χ1v) is 9.88. The van der Waals surface area contributed by atoms with Gasteiger partial charge in [-0.15, -0.1) is 11.3 Å². The Kier molecular flexibility index (Phi) is 5.40. The van der Waals surface area contributed by atoms with Crippen molar-refractivity contribution < 1.29 is 32.2 Å². The van der Waals surface area contributed by atoms with Crippen LogP contribution in [0.1, 0.15) is 22.0 Å². The van der Waals surface area contributed by atoms with Crippen molar-refractivity contribution in [3.63, 3.8) is 0 Å². The van der Waals surface area contributed by atoms with Crippen LogP contribution in [0.3, 0.4) is 0 Å². The highest BCUT2D eigenvalue weighted by Crippen LogP contribution is 2.34. The van der Waals surface area contributed by atoms with E-state index in [-0.39, 0.29) is 0 Å². The van der Waals surface area contributed by atoms with Gasteiger partial charge in [-0.05, 0) is 31.2 Å². The molecule has 1 N–H and O–H groups in total. The van der Waals surface area contributed by atoms with Crippen molar-refractivity contribution in [2.75, 3.05) is 6.61 Å². The van der Waals surface area contributed by atoms with E-state index in [1.165, 1.54) is 23.5 Å². The number of carboxylic acids is 1. The summed E-state index contributed by atoms with van der Waals surface area (Å²) in [5.74, 6) is -0.269. The molecule has 0 saturated carbocycles. The van der Waals surface area contributed by atoms with Crippen LogP contribution in [0.4, 0.5) is 13.2 Å². The molecule has 0 amide bonds. The van der Waals surface area contributed by atoms with Crippen molar-refractivity contribution in [3.8, 4) is 16.3 Å². The fraction of sp³-hybridized carbons (Fsp3) is 0.190. The first-order chi connectivity index (χ1) is 14.7.